The number of aliphatic hydroxyl groups excluding tert-OH is 1. The molecule has 0 spiro atoms. The lowest BCUT2D eigenvalue weighted by Crippen LogP contribution is -2.46. The minimum absolute atomic E-state index is 0.0731. The summed E-state index contributed by atoms with van der Waals surface area (Å²) >= 11 is 0. The molecule has 5 heteroatoms. The number of aliphatic hydroxyl groups is 1. The molecule has 0 aliphatic carbocycles. The molecule has 0 amide bonds. The third kappa shape index (κ3) is 2.90. The summed E-state index contributed by atoms with van der Waals surface area (Å²) in [6.07, 6.45) is 1.36. The minimum atomic E-state index is -3.05. The van der Waals surface area contributed by atoms with Crippen molar-refractivity contribution in [1.29, 1.82) is 0 Å². The van der Waals surface area contributed by atoms with Gasteiger partial charge in [0.05, 0.1) is 23.7 Å². The summed E-state index contributed by atoms with van der Waals surface area (Å²) in [5.74, 6) is 0.600. The Morgan fingerprint density at radius 2 is 1.70 bits per heavy atom. The molecule has 4 nitrogen and oxygen atoms in total. The average molecular weight is 295 g/mol. The van der Waals surface area contributed by atoms with Gasteiger partial charge in [0.2, 0.25) is 0 Å². The van der Waals surface area contributed by atoms with E-state index < -0.39 is 15.9 Å². The van der Waals surface area contributed by atoms with Gasteiger partial charge in [0.25, 0.3) is 0 Å². The summed E-state index contributed by atoms with van der Waals surface area (Å²) < 4.78 is 23.2. The molecule has 3 rings (SSSR count). The van der Waals surface area contributed by atoms with Crippen LogP contribution in [0.4, 0.5) is 0 Å². The third-order valence-corrected chi connectivity index (χ3v) is 6.26. The molecule has 2 aliphatic rings. The number of likely N-dealkylation sites (tertiary alicyclic amines) is 1. The maximum atomic E-state index is 11.6. The molecule has 2 aliphatic heterocycles. The molecule has 2 atom stereocenters. The van der Waals surface area contributed by atoms with Gasteiger partial charge in [-0.25, -0.2) is 8.42 Å². The van der Waals surface area contributed by atoms with E-state index in [0.717, 1.165) is 25.9 Å². The van der Waals surface area contributed by atoms with E-state index in [0.29, 0.717) is 5.92 Å². The highest BCUT2D eigenvalue weighted by atomic mass is 32.2. The van der Waals surface area contributed by atoms with Crippen molar-refractivity contribution < 1.29 is 13.5 Å². The molecule has 2 fully saturated rings. The van der Waals surface area contributed by atoms with Crippen LogP contribution >= 0.6 is 0 Å². The summed E-state index contributed by atoms with van der Waals surface area (Å²) in [6, 6.07) is 10.3. The van der Waals surface area contributed by atoms with Crippen molar-refractivity contribution >= 4 is 9.84 Å². The smallest absolute Gasteiger partial charge is 0.154 e. The lowest BCUT2D eigenvalue weighted by molar-refractivity contribution is 0.0664. The summed E-state index contributed by atoms with van der Waals surface area (Å²) in [7, 11) is -3.05. The Hall–Kier alpha value is -0.910. The Balaban J connectivity index is 1.62. The first-order valence-electron chi connectivity index (χ1n) is 7.23. The van der Waals surface area contributed by atoms with Crippen molar-refractivity contribution in [3.8, 4) is 0 Å². The predicted molar refractivity (Wildman–Crippen MR) is 78.4 cm³/mol. The van der Waals surface area contributed by atoms with Crippen molar-refractivity contribution in [1.82, 2.24) is 4.90 Å². The molecule has 0 aromatic heterocycles. The molecule has 0 radical (unpaired) electrons. The predicted octanol–water partition coefficient (Wildman–Crippen LogP) is 1.02. The van der Waals surface area contributed by atoms with E-state index in [1.807, 2.05) is 6.07 Å². The van der Waals surface area contributed by atoms with Crippen LogP contribution in [-0.2, 0) is 9.84 Å². The monoisotopic (exact) mass is 295 g/mol. The lowest BCUT2D eigenvalue weighted by Gasteiger charge is -2.36. The summed E-state index contributed by atoms with van der Waals surface area (Å²) in [5, 5.41) is 9.94. The fourth-order valence-corrected chi connectivity index (χ4v) is 5.28. The number of hydrogen-bond acceptors (Lipinski definition) is 4. The van der Waals surface area contributed by atoms with Gasteiger partial charge in [-0.15, -0.1) is 0 Å². The molecule has 2 heterocycles. The molecule has 110 valence electrons. The number of sulfone groups is 1. The quantitative estimate of drug-likeness (QED) is 0.885. The van der Waals surface area contributed by atoms with E-state index in [1.54, 1.807) is 0 Å². The first kappa shape index (κ1) is 14.0. The standard InChI is InChI=1S/C15H21NO3S/c17-15-11-20(18,19)10-14(15)16-8-6-13(7-9-16)12-4-2-1-3-5-12/h1-5,13-15,17H,6-11H2/t14-,15-/m0/s1. The number of hydrogen-bond donors (Lipinski definition) is 1. The second-order valence-corrected chi connectivity index (χ2v) is 8.09. The first-order valence-corrected chi connectivity index (χ1v) is 9.05. The summed E-state index contributed by atoms with van der Waals surface area (Å²) in [4.78, 5) is 2.16. The fourth-order valence-electron chi connectivity index (χ4n) is 3.45. The molecule has 1 aromatic carbocycles. The third-order valence-electron chi connectivity index (χ3n) is 4.56. The topological polar surface area (TPSA) is 57.6 Å². The van der Waals surface area contributed by atoms with Crippen LogP contribution in [0.3, 0.4) is 0 Å². The van der Waals surface area contributed by atoms with Gasteiger partial charge in [0.1, 0.15) is 0 Å². The fraction of sp³-hybridized carbons (Fsp3) is 0.600. The van der Waals surface area contributed by atoms with Crippen LogP contribution < -0.4 is 0 Å². The molecule has 20 heavy (non-hydrogen) atoms. The SMILES string of the molecule is O=S1(=O)C[C@H](O)[C@@H](N2CCC(c3ccccc3)CC2)C1. The molecule has 2 saturated heterocycles. The van der Waals surface area contributed by atoms with E-state index in [4.69, 9.17) is 0 Å². The molecule has 1 aromatic rings. The highest BCUT2D eigenvalue weighted by Crippen LogP contribution is 2.30. The van der Waals surface area contributed by atoms with Gasteiger partial charge in [0.15, 0.2) is 9.84 Å². The van der Waals surface area contributed by atoms with Crippen LogP contribution in [0.15, 0.2) is 30.3 Å². The van der Waals surface area contributed by atoms with Crippen LogP contribution in [0.25, 0.3) is 0 Å². The van der Waals surface area contributed by atoms with Gasteiger partial charge < -0.3 is 5.11 Å². The Morgan fingerprint density at radius 3 is 2.25 bits per heavy atom. The number of rotatable bonds is 2. The number of piperidine rings is 1. The van der Waals surface area contributed by atoms with Crippen molar-refractivity contribution in [2.75, 3.05) is 24.6 Å². The largest absolute Gasteiger partial charge is 0.390 e. The summed E-state index contributed by atoms with van der Waals surface area (Å²) in [5.41, 5.74) is 1.37. The normalized spacial score (nSPS) is 31.4. The second kappa shape index (κ2) is 5.47. The Morgan fingerprint density at radius 1 is 1.05 bits per heavy atom. The van der Waals surface area contributed by atoms with Gasteiger partial charge in [-0.2, -0.15) is 0 Å². The van der Waals surface area contributed by atoms with Crippen LogP contribution in [0, 0.1) is 0 Å². The molecular weight excluding hydrogens is 274 g/mol. The second-order valence-electron chi connectivity index (χ2n) is 5.93. The van der Waals surface area contributed by atoms with E-state index in [1.165, 1.54) is 5.56 Å². The highest BCUT2D eigenvalue weighted by molar-refractivity contribution is 7.91. The Labute approximate surface area is 120 Å². The summed E-state index contributed by atoms with van der Waals surface area (Å²) in [6.45, 7) is 1.74. The lowest BCUT2D eigenvalue weighted by atomic mass is 9.89. The van der Waals surface area contributed by atoms with E-state index in [9.17, 15) is 13.5 Å². The van der Waals surface area contributed by atoms with Crippen LogP contribution in [0.5, 0.6) is 0 Å². The van der Waals surface area contributed by atoms with Gasteiger partial charge >= 0.3 is 0 Å². The van der Waals surface area contributed by atoms with E-state index in [2.05, 4.69) is 29.2 Å². The zero-order chi connectivity index (χ0) is 14.2. The molecular formula is C15H21NO3S. The zero-order valence-corrected chi connectivity index (χ0v) is 12.3. The van der Waals surface area contributed by atoms with E-state index >= 15 is 0 Å². The number of benzene rings is 1. The van der Waals surface area contributed by atoms with Crippen molar-refractivity contribution in [2.24, 2.45) is 0 Å². The maximum absolute atomic E-state index is 11.6. The number of nitrogens with zero attached hydrogens (tertiary/aromatic N) is 1. The van der Waals surface area contributed by atoms with Crippen LogP contribution in [0.1, 0.15) is 24.3 Å². The highest BCUT2D eigenvalue weighted by Gasteiger charge is 2.40. The zero-order valence-electron chi connectivity index (χ0n) is 11.5. The molecule has 0 bridgehead atoms. The van der Waals surface area contributed by atoms with Crippen molar-refractivity contribution in [2.45, 2.75) is 30.9 Å². The molecule has 0 saturated carbocycles. The average Bonchev–Trinajstić information content (AvgIpc) is 2.73. The Bertz CT molecular complexity index is 550. The van der Waals surface area contributed by atoms with Crippen molar-refractivity contribution in [3.05, 3.63) is 35.9 Å². The van der Waals surface area contributed by atoms with Gasteiger partial charge in [-0.05, 0) is 37.4 Å². The first-order chi connectivity index (χ1) is 9.55. The van der Waals surface area contributed by atoms with Gasteiger partial charge in [-0.1, -0.05) is 30.3 Å². The molecule has 1 N–H and O–H groups in total. The Kier molecular flexibility index (Phi) is 3.84. The van der Waals surface area contributed by atoms with Gasteiger partial charge in [0, 0.05) is 0 Å². The van der Waals surface area contributed by atoms with Crippen LogP contribution in [0.2, 0.25) is 0 Å². The van der Waals surface area contributed by atoms with Gasteiger partial charge in [-0.3, -0.25) is 4.90 Å². The van der Waals surface area contributed by atoms with Crippen LogP contribution in [-0.4, -0.2) is 55.2 Å². The van der Waals surface area contributed by atoms with E-state index in [-0.39, 0.29) is 17.5 Å². The minimum Gasteiger partial charge on any atom is -0.390 e. The maximum Gasteiger partial charge on any atom is 0.154 e. The van der Waals surface area contributed by atoms with Crippen molar-refractivity contribution in [3.63, 3.8) is 0 Å². The molecule has 0 unspecified atom stereocenters.